The van der Waals surface area contributed by atoms with Gasteiger partial charge in [-0.3, -0.25) is 4.90 Å². The predicted octanol–water partition coefficient (Wildman–Crippen LogP) is 2.33. The number of rotatable bonds is 4. The molecule has 1 aromatic rings. The quantitative estimate of drug-likeness (QED) is 0.840. The summed E-state index contributed by atoms with van der Waals surface area (Å²) in [5.41, 5.74) is 0. The maximum atomic E-state index is 12.2. The van der Waals surface area contributed by atoms with Gasteiger partial charge in [-0.05, 0) is 38.4 Å². The van der Waals surface area contributed by atoms with Crippen LogP contribution in [0.2, 0.25) is 0 Å². The number of likely N-dealkylation sites (tertiary alicyclic amines) is 1. The van der Waals surface area contributed by atoms with E-state index in [2.05, 4.69) is 11.8 Å². The molecule has 0 bridgehead atoms. The van der Waals surface area contributed by atoms with Crippen molar-refractivity contribution in [3.63, 3.8) is 0 Å². The van der Waals surface area contributed by atoms with E-state index in [1.807, 2.05) is 6.07 Å². The second-order valence-electron chi connectivity index (χ2n) is 5.01. The zero-order valence-corrected chi connectivity index (χ0v) is 11.7. The molecule has 0 saturated carbocycles. The zero-order chi connectivity index (χ0) is 13.0. The first-order chi connectivity index (χ1) is 8.59. The summed E-state index contributed by atoms with van der Waals surface area (Å²) >= 11 is 0. The third-order valence-electron chi connectivity index (χ3n) is 3.69. The van der Waals surface area contributed by atoms with Gasteiger partial charge in [0.25, 0.3) is 0 Å². The molecular formula is C14H21NO2S. The Bertz CT molecular complexity index is 470. The van der Waals surface area contributed by atoms with Crippen molar-refractivity contribution in [1.82, 2.24) is 4.90 Å². The molecule has 0 radical (unpaired) electrons. The van der Waals surface area contributed by atoms with Gasteiger partial charge in [0.05, 0.1) is 10.6 Å². The number of piperidine rings is 1. The van der Waals surface area contributed by atoms with Crippen LogP contribution in [0.25, 0.3) is 0 Å². The molecule has 18 heavy (non-hydrogen) atoms. The Morgan fingerprint density at radius 1 is 1.22 bits per heavy atom. The van der Waals surface area contributed by atoms with E-state index in [4.69, 9.17) is 0 Å². The van der Waals surface area contributed by atoms with E-state index in [0.29, 0.717) is 17.5 Å². The van der Waals surface area contributed by atoms with Crippen LogP contribution in [0.4, 0.5) is 0 Å². The molecule has 0 amide bonds. The minimum Gasteiger partial charge on any atom is -0.300 e. The van der Waals surface area contributed by atoms with Crippen LogP contribution in [-0.2, 0) is 9.84 Å². The highest BCUT2D eigenvalue weighted by Crippen LogP contribution is 2.17. The van der Waals surface area contributed by atoms with Crippen molar-refractivity contribution in [1.29, 1.82) is 0 Å². The van der Waals surface area contributed by atoms with E-state index in [-0.39, 0.29) is 5.75 Å². The van der Waals surface area contributed by atoms with Crippen LogP contribution >= 0.6 is 0 Å². The largest absolute Gasteiger partial charge is 0.300 e. The number of sulfone groups is 1. The van der Waals surface area contributed by atoms with Crippen LogP contribution in [0, 0.1) is 0 Å². The summed E-state index contributed by atoms with van der Waals surface area (Å²) in [7, 11) is -3.12. The molecule has 0 aromatic heterocycles. The Kier molecular flexibility index (Phi) is 4.40. The number of benzene rings is 1. The molecule has 0 N–H and O–H groups in total. The number of hydrogen-bond donors (Lipinski definition) is 0. The molecule has 1 saturated heterocycles. The SMILES string of the molecule is C[C@@H]1CCCCN1CCS(=O)(=O)c1ccccc1. The van der Waals surface area contributed by atoms with E-state index in [9.17, 15) is 8.42 Å². The average Bonchev–Trinajstić information content (AvgIpc) is 2.39. The highest BCUT2D eigenvalue weighted by atomic mass is 32.2. The van der Waals surface area contributed by atoms with E-state index in [1.54, 1.807) is 24.3 Å². The molecule has 1 fully saturated rings. The molecule has 1 heterocycles. The van der Waals surface area contributed by atoms with Gasteiger partial charge in [-0.1, -0.05) is 24.6 Å². The lowest BCUT2D eigenvalue weighted by Crippen LogP contribution is -2.40. The first-order valence-electron chi connectivity index (χ1n) is 6.61. The summed E-state index contributed by atoms with van der Waals surface area (Å²) in [6.45, 7) is 3.87. The Morgan fingerprint density at radius 3 is 2.61 bits per heavy atom. The third-order valence-corrected chi connectivity index (χ3v) is 5.40. The van der Waals surface area contributed by atoms with Crippen LogP contribution < -0.4 is 0 Å². The zero-order valence-electron chi connectivity index (χ0n) is 10.9. The van der Waals surface area contributed by atoms with Crippen molar-refractivity contribution in [2.75, 3.05) is 18.8 Å². The lowest BCUT2D eigenvalue weighted by Gasteiger charge is -2.33. The molecule has 3 nitrogen and oxygen atoms in total. The fourth-order valence-corrected chi connectivity index (χ4v) is 3.76. The van der Waals surface area contributed by atoms with Gasteiger partial charge in [0.2, 0.25) is 0 Å². The van der Waals surface area contributed by atoms with Gasteiger partial charge >= 0.3 is 0 Å². The predicted molar refractivity (Wildman–Crippen MR) is 73.4 cm³/mol. The minimum atomic E-state index is -3.12. The van der Waals surface area contributed by atoms with E-state index in [0.717, 1.165) is 6.54 Å². The van der Waals surface area contributed by atoms with Gasteiger partial charge in [-0.25, -0.2) is 8.42 Å². The van der Waals surface area contributed by atoms with Gasteiger partial charge in [0.15, 0.2) is 9.84 Å². The molecule has 1 atom stereocenters. The maximum Gasteiger partial charge on any atom is 0.179 e. The monoisotopic (exact) mass is 267 g/mol. The fraction of sp³-hybridized carbons (Fsp3) is 0.571. The average molecular weight is 267 g/mol. The Balaban J connectivity index is 1.97. The highest BCUT2D eigenvalue weighted by Gasteiger charge is 2.21. The third kappa shape index (κ3) is 3.33. The molecule has 1 aromatic carbocycles. The van der Waals surface area contributed by atoms with Crippen molar-refractivity contribution in [3.8, 4) is 0 Å². The van der Waals surface area contributed by atoms with E-state index < -0.39 is 9.84 Å². The standard InChI is InChI=1S/C14H21NO2S/c1-13-7-5-6-10-15(13)11-12-18(16,17)14-8-3-2-4-9-14/h2-4,8-9,13H,5-7,10-12H2,1H3/t13-/m1/s1. The van der Waals surface area contributed by atoms with E-state index >= 15 is 0 Å². The van der Waals surface area contributed by atoms with E-state index in [1.165, 1.54) is 19.3 Å². The Labute approximate surface area is 110 Å². The normalized spacial score (nSPS) is 21.9. The van der Waals surface area contributed by atoms with Crippen LogP contribution in [0.15, 0.2) is 35.2 Å². The van der Waals surface area contributed by atoms with Crippen molar-refractivity contribution >= 4 is 9.84 Å². The van der Waals surface area contributed by atoms with Crippen molar-refractivity contribution in [2.24, 2.45) is 0 Å². The minimum absolute atomic E-state index is 0.224. The van der Waals surface area contributed by atoms with Crippen molar-refractivity contribution < 1.29 is 8.42 Å². The lowest BCUT2D eigenvalue weighted by atomic mass is 10.0. The molecule has 4 heteroatoms. The summed E-state index contributed by atoms with van der Waals surface area (Å²) in [4.78, 5) is 2.74. The summed E-state index contributed by atoms with van der Waals surface area (Å²) in [5.74, 6) is 0.224. The maximum absolute atomic E-state index is 12.2. The number of hydrogen-bond acceptors (Lipinski definition) is 3. The Hall–Kier alpha value is -0.870. The van der Waals surface area contributed by atoms with Gasteiger partial charge in [0, 0.05) is 12.6 Å². The Morgan fingerprint density at radius 2 is 1.94 bits per heavy atom. The van der Waals surface area contributed by atoms with Crippen LogP contribution in [0.3, 0.4) is 0 Å². The lowest BCUT2D eigenvalue weighted by molar-refractivity contribution is 0.170. The van der Waals surface area contributed by atoms with Crippen molar-refractivity contribution in [2.45, 2.75) is 37.1 Å². The number of nitrogens with zero attached hydrogens (tertiary/aromatic N) is 1. The summed E-state index contributed by atoms with van der Waals surface area (Å²) in [5, 5.41) is 0. The first-order valence-corrected chi connectivity index (χ1v) is 8.27. The molecule has 0 spiro atoms. The second-order valence-corrected chi connectivity index (χ2v) is 7.12. The molecule has 100 valence electrons. The highest BCUT2D eigenvalue weighted by molar-refractivity contribution is 7.91. The summed E-state index contributed by atoms with van der Waals surface area (Å²) in [6, 6.07) is 9.26. The summed E-state index contributed by atoms with van der Waals surface area (Å²) in [6.07, 6.45) is 3.64. The first kappa shape index (κ1) is 13.6. The molecular weight excluding hydrogens is 246 g/mol. The smallest absolute Gasteiger partial charge is 0.179 e. The van der Waals surface area contributed by atoms with Gasteiger partial charge in [-0.15, -0.1) is 0 Å². The second kappa shape index (κ2) is 5.85. The molecule has 0 unspecified atom stereocenters. The van der Waals surface area contributed by atoms with Gasteiger partial charge < -0.3 is 0 Å². The van der Waals surface area contributed by atoms with Crippen LogP contribution in [0.1, 0.15) is 26.2 Å². The van der Waals surface area contributed by atoms with Crippen LogP contribution in [0.5, 0.6) is 0 Å². The van der Waals surface area contributed by atoms with Crippen LogP contribution in [-0.4, -0.2) is 38.2 Å². The van der Waals surface area contributed by atoms with Crippen molar-refractivity contribution in [3.05, 3.63) is 30.3 Å². The molecule has 2 rings (SSSR count). The fourth-order valence-electron chi connectivity index (χ4n) is 2.47. The molecule has 1 aliphatic heterocycles. The van der Waals surface area contributed by atoms with Gasteiger partial charge in [0.1, 0.15) is 0 Å². The van der Waals surface area contributed by atoms with Gasteiger partial charge in [-0.2, -0.15) is 0 Å². The molecule has 1 aliphatic rings. The molecule has 0 aliphatic carbocycles. The summed E-state index contributed by atoms with van der Waals surface area (Å²) < 4.78 is 24.3. The topological polar surface area (TPSA) is 37.4 Å².